The van der Waals surface area contributed by atoms with Gasteiger partial charge in [0, 0.05) is 20.4 Å². The van der Waals surface area contributed by atoms with Gasteiger partial charge in [0.25, 0.3) is 0 Å². The summed E-state index contributed by atoms with van der Waals surface area (Å²) in [6.45, 7) is -4.07. The summed E-state index contributed by atoms with van der Waals surface area (Å²) in [5.41, 5.74) is 0.215. The summed E-state index contributed by atoms with van der Waals surface area (Å²) in [6, 6.07) is -0.987. The summed E-state index contributed by atoms with van der Waals surface area (Å²) in [5, 5.41) is -0.150. The Bertz CT molecular complexity index is 609. The maximum Gasteiger partial charge on any atom is 0.249 e. The quantitative estimate of drug-likeness (QED) is 0.759. The molecule has 1 aliphatic rings. The summed E-state index contributed by atoms with van der Waals surface area (Å²) >= 11 is 5.77. The van der Waals surface area contributed by atoms with Crippen molar-refractivity contribution in [2.24, 2.45) is 0 Å². The third-order valence-electron chi connectivity index (χ3n) is 2.74. The van der Waals surface area contributed by atoms with Crippen molar-refractivity contribution >= 4 is 29.0 Å². The Hall–Kier alpha value is -1.36. The van der Waals surface area contributed by atoms with Crippen LogP contribution in [0, 0.1) is 0 Å². The van der Waals surface area contributed by atoms with Crippen LogP contribution in [0.3, 0.4) is 0 Å². The molecule has 92 valence electrons. The minimum Gasteiger partial charge on any atom is -0.343 e. The lowest BCUT2D eigenvalue weighted by Gasteiger charge is -2.39. The van der Waals surface area contributed by atoms with Crippen molar-refractivity contribution < 1.29 is 11.6 Å². The highest BCUT2D eigenvalue weighted by molar-refractivity contribution is 6.28. The van der Waals surface area contributed by atoms with Gasteiger partial charge >= 0.3 is 0 Å². The third-order valence-corrected chi connectivity index (χ3v) is 2.93. The second kappa shape index (κ2) is 4.49. The molecule has 0 N–H and O–H groups in total. The molecule has 0 fully saturated rings. The SMILES string of the molecule is [2H]C([2H])([2H])C([2H])([2H])N1c2nc(Cl)ncc2N(C)C(=O)[C@H]1CC. The molecule has 0 bridgehead atoms. The Balaban J connectivity index is 2.72. The fourth-order valence-electron chi connectivity index (χ4n) is 1.85. The highest BCUT2D eigenvalue weighted by Gasteiger charge is 2.35. The molecule has 1 aromatic heterocycles. The first-order valence-electron chi connectivity index (χ1n) is 7.61. The smallest absolute Gasteiger partial charge is 0.249 e. The zero-order chi connectivity index (χ0) is 16.9. The Morgan fingerprint density at radius 1 is 1.71 bits per heavy atom. The number of fused-ring (bicyclic) bond motifs is 1. The minimum atomic E-state index is -2.97. The van der Waals surface area contributed by atoms with Gasteiger partial charge in [0.2, 0.25) is 11.2 Å². The summed E-state index contributed by atoms with van der Waals surface area (Å²) < 4.78 is 38.4. The van der Waals surface area contributed by atoms with E-state index in [-0.39, 0.29) is 23.2 Å². The van der Waals surface area contributed by atoms with E-state index in [1.165, 1.54) is 18.1 Å². The number of hydrogen-bond donors (Lipinski definition) is 0. The molecule has 1 amide bonds. The number of rotatable bonds is 2. The second-order valence-corrected chi connectivity index (χ2v) is 3.99. The molecule has 0 aliphatic carbocycles. The van der Waals surface area contributed by atoms with Crippen molar-refractivity contribution in [2.45, 2.75) is 26.2 Å². The van der Waals surface area contributed by atoms with Gasteiger partial charge in [-0.05, 0) is 24.9 Å². The highest BCUT2D eigenvalue weighted by atomic mass is 35.5. The van der Waals surface area contributed by atoms with Crippen LogP contribution < -0.4 is 9.80 Å². The molecule has 1 aromatic rings. The van der Waals surface area contributed by atoms with Gasteiger partial charge in [-0.3, -0.25) is 4.79 Å². The minimum absolute atomic E-state index is 0.00456. The number of amides is 1. The standard InChI is InChI=1S/C11H15ClN4O/c1-4-7-10(17)15(3)8-6-13-11(12)14-9(8)16(7)5-2/h6-7H,4-5H2,1-3H3/t7-/m1/s1/i2D3,5D2. The fraction of sp³-hybridized carbons (Fsp3) is 0.545. The van der Waals surface area contributed by atoms with Gasteiger partial charge in [-0.25, -0.2) is 4.98 Å². The number of nitrogens with zero attached hydrogens (tertiary/aromatic N) is 4. The van der Waals surface area contributed by atoms with E-state index in [0.717, 1.165) is 4.90 Å². The van der Waals surface area contributed by atoms with Gasteiger partial charge in [-0.1, -0.05) is 6.92 Å². The van der Waals surface area contributed by atoms with E-state index in [2.05, 4.69) is 9.97 Å². The molecule has 0 saturated heterocycles. The fourth-order valence-corrected chi connectivity index (χ4v) is 1.98. The molecule has 1 aliphatic heterocycles. The van der Waals surface area contributed by atoms with E-state index < -0.39 is 25.3 Å². The molecule has 2 rings (SSSR count). The number of carbonyl (C=O) groups is 1. The second-order valence-electron chi connectivity index (χ2n) is 3.65. The lowest BCUT2D eigenvalue weighted by molar-refractivity contribution is -0.120. The first kappa shape index (κ1) is 7.16. The molecule has 0 radical (unpaired) electrons. The first-order chi connectivity index (χ1) is 10.0. The van der Waals surface area contributed by atoms with E-state index in [1.807, 2.05) is 0 Å². The maximum atomic E-state index is 12.4. The average molecular weight is 260 g/mol. The Morgan fingerprint density at radius 3 is 3.12 bits per heavy atom. The lowest BCUT2D eigenvalue weighted by atomic mass is 10.1. The zero-order valence-electron chi connectivity index (χ0n) is 14.4. The van der Waals surface area contributed by atoms with Crippen LogP contribution in [-0.2, 0) is 4.79 Å². The van der Waals surface area contributed by atoms with Crippen LogP contribution in [-0.4, -0.2) is 35.5 Å². The third kappa shape index (κ3) is 1.84. The van der Waals surface area contributed by atoms with Crippen molar-refractivity contribution in [3.05, 3.63) is 11.5 Å². The lowest BCUT2D eigenvalue weighted by Crippen LogP contribution is -2.52. The number of likely N-dealkylation sites (N-methyl/N-ethyl adjacent to an activating group) is 2. The van der Waals surface area contributed by atoms with Gasteiger partial charge in [-0.15, -0.1) is 0 Å². The number of halogens is 1. The van der Waals surface area contributed by atoms with Crippen LogP contribution in [0.25, 0.3) is 0 Å². The molecular weight excluding hydrogens is 240 g/mol. The highest BCUT2D eigenvalue weighted by Crippen LogP contribution is 2.34. The van der Waals surface area contributed by atoms with E-state index in [0.29, 0.717) is 0 Å². The summed E-state index contributed by atoms with van der Waals surface area (Å²) in [5.74, 6) is -0.427. The van der Waals surface area contributed by atoms with E-state index in [4.69, 9.17) is 18.5 Å². The Morgan fingerprint density at radius 2 is 2.47 bits per heavy atom. The zero-order valence-corrected chi connectivity index (χ0v) is 10.2. The van der Waals surface area contributed by atoms with Gasteiger partial charge in [-0.2, -0.15) is 4.98 Å². The van der Waals surface area contributed by atoms with Crippen LogP contribution >= 0.6 is 11.6 Å². The summed E-state index contributed by atoms with van der Waals surface area (Å²) in [7, 11) is 1.50. The predicted octanol–water partition coefficient (Wildman–Crippen LogP) is 1.71. The molecule has 0 spiro atoms. The number of hydrogen-bond acceptors (Lipinski definition) is 4. The average Bonchev–Trinajstić information content (AvgIpc) is 2.40. The molecule has 1 atom stereocenters. The Kier molecular flexibility index (Phi) is 1.89. The number of carbonyl (C=O) groups excluding carboxylic acids is 1. The van der Waals surface area contributed by atoms with Crippen LogP contribution in [0.5, 0.6) is 0 Å². The molecule has 2 heterocycles. The predicted molar refractivity (Wildman–Crippen MR) is 67.6 cm³/mol. The monoisotopic (exact) mass is 259 g/mol. The molecule has 0 aromatic carbocycles. The molecular formula is C11H15ClN4O. The largest absolute Gasteiger partial charge is 0.343 e. The first-order valence-corrected chi connectivity index (χ1v) is 5.49. The van der Waals surface area contributed by atoms with Crippen LogP contribution in [0.4, 0.5) is 11.5 Å². The van der Waals surface area contributed by atoms with E-state index in [9.17, 15) is 4.79 Å². The molecule has 5 nitrogen and oxygen atoms in total. The number of anilines is 2. The van der Waals surface area contributed by atoms with E-state index in [1.54, 1.807) is 6.92 Å². The molecule has 0 unspecified atom stereocenters. The van der Waals surface area contributed by atoms with Crippen molar-refractivity contribution in [1.82, 2.24) is 9.97 Å². The van der Waals surface area contributed by atoms with Gasteiger partial charge in [0.05, 0.1) is 6.20 Å². The van der Waals surface area contributed by atoms with Crippen molar-refractivity contribution in [2.75, 3.05) is 23.3 Å². The summed E-state index contributed by atoms with van der Waals surface area (Å²) in [6.07, 6.45) is 1.50. The van der Waals surface area contributed by atoms with Crippen LogP contribution in [0.1, 0.15) is 27.1 Å². The number of aromatic nitrogens is 2. The molecule has 17 heavy (non-hydrogen) atoms. The normalized spacial score (nSPS) is 25.5. The maximum absolute atomic E-state index is 12.4. The van der Waals surface area contributed by atoms with Crippen LogP contribution in [0.2, 0.25) is 5.28 Å². The summed E-state index contributed by atoms with van der Waals surface area (Å²) in [4.78, 5) is 22.3. The molecule has 6 heteroatoms. The van der Waals surface area contributed by atoms with Crippen LogP contribution in [0.15, 0.2) is 6.20 Å². The van der Waals surface area contributed by atoms with Crippen molar-refractivity contribution in [1.29, 1.82) is 0 Å². The Labute approximate surface area is 112 Å². The van der Waals surface area contributed by atoms with Crippen molar-refractivity contribution in [3.8, 4) is 0 Å². The van der Waals surface area contributed by atoms with E-state index >= 15 is 0 Å². The van der Waals surface area contributed by atoms with Gasteiger partial charge in [0.15, 0.2) is 5.82 Å². The topological polar surface area (TPSA) is 49.3 Å². The van der Waals surface area contributed by atoms with Crippen molar-refractivity contribution in [3.63, 3.8) is 0 Å². The van der Waals surface area contributed by atoms with Gasteiger partial charge < -0.3 is 9.80 Å². The van der Waals surface area contributed by atoms with Gasteiger partial charge in [0.1, 0.15) is 11.7 Å². The molecule has 0 saturated carbocycles.